The Morgan fingerprint density at radius 1 is 1.40 bits per heavy atom. The Bertz CT molecular complexity index is 547. The van der Waals surface area contributed by atoms with Crippen LogP contribution >= 0.6 is 15.9 Å². The summed E-state index contributed by atoms with van der Waals surface area (Å²) in [6.07, 6.45) is 0. The summed E-state index contributed by atoms with van der Waals surface area (Å²) < 4.78 is 33.4. The molecule has 0 bridgehead atoms. The maximum absolute atomic E-state index is 12.4. The fourth-order valence-electron chi connectivity index (χ4n) is 1.55. The van der Waals surface area contributed by atoms with Crippen molar-refractivity contribution in [2.75, 3.05) is 13.2 Å². The standard InChI is InChI=1S/C13H20BrNO4S/c1-4-19-12-6-5-11(14)7-13(12)20(17,18)15-10(3)9(2)8-16/h5-7,9-10,15-16H,4,8H2,1-3H3. The number of aliphatic hydroxyl groups is 1. The fourth-order valence-corrected chi connectivity index (χ4v) is 3.58. The quantitative estimate of drug-likeness (QED) is 0.775. The molecule has 0 aromatic heterocycles. The summed E-state index contributed by atoms with van der Waals surface area (Å²) in [5.74, 6) is 0.138. The van der Waals surface area contributed by atoms with E-state index in [-0.39, 0.29) is 23.5 Å². The van der Waals surface area contributed by atoms with Gasteiger partial charge in [-0.15, -0.1) is 0 Å². The second-order valence-corrected chi connectivity index (χ2v) is 7.19. The topological polar surface area (TPSA) is 75.6 Å². The van der Waals surface area contributed by atoms with Gasteiger partial charge in [0.2, 0.25) is 10.0 Å². The lowest BCUT2D eigenvalue weighted by atomic mass is 10.1. The first-order valence-corrected chi connectivity index (χ1v) is 8.65. The molecule has 0 fully saturated rings. The molecule has 0 heterocycles. The van der Waals surface area contributed by atoms with E-state index in [4.69, 9.17) is 9.84 Å². The summed E-state index contributed by atoms with van der Waals surface area (Å²) in [6.45, 7) is 5.59. The summed E-state index contributed by atoms with van der Waals surface area (Å²) in [6, 6.07) is 4.47. The molecule has 0 saturated heterocycles. The molecular formula is C13H20BrNO4S. The number of ether oxygens (including phenoxy) is 1. The van der Waals surface area contributed by atoms with Crippen molar-refractivity contribution >= 4 is 26.0 Å². The van der Waals surface area contributed by atoms with Gasteiger partial charge in [-0.3, -0.25) is 0 Å². The molecule has 1 rings (SSSR count). The number of halogens is 1. The molecule has 0 spiro atoms. The first-order chi connectivity index (χ1) is 9.31. The molecule has 0 radical (unpaired) electrons. The van der Waals surface area contributed by atoms with Crippen LogP contribution in [0.5, 0.6) is 5.75 Å². The van der Waals surface area contributed by atoms with Gasteiger partial charge in [0.1, 0.15) is 10.6 Å². The van der Waals surface area contributed by atoms with Crippen LogP contribution in [0.25, 0.3) is 0 Å². The smallest absolute Gasteiger partial charge is 0.244 e. The predicted octanol–water partition coefficient (Wildman–Crippen LogP) is 2.14. The Kier molecular flexibility index (Phi) is 6.44. The molecule has 2 unspecified atom stereocenters. The van der Waals surface area contributed by atoms with Gasteiger partial charge in [0.25, 0.3) is 0 Å². The molecule has 2 N–H and O–H groups in total. The number of aliphatic hydroxyl groups excluding tert-OH is 1. The number of hydrogen-bond donors (Lipinski definition) is 2. The van der Waals surface area contributed by atoms with Crippen LogP contribution in [-0.4, -0.2) is 32.8 Å². The lowest BCUT2D eigenvalue weighted by molar-refractivity contribution is 0.216. The molecule has 1 aromatic rings. The van der Waals surface area contributed by atoms with Crippen LogP contribution in [0.3, 0.4) is 0 Å². The number of hydrogen-bond acceptors (Lipinski definition) is 4. The van der Waals surface area contributed by atoms with Gasteiger partial charge in [-0.1, -0.05) is 22.9 Å². The van der Waals surface area contributed by atoms with Gasteiger partial charge in [-0.2, -0.15) is 0 Å². The van der Waals surface area contributed by atoms with Crippen molar-refractivity contribution in [1.29, 1.82) is 0 Å². The SMILES string of the molecule is CCOc1ccc(Br)cc1S(=O)(=O)NC(C)C(C)CO. The highest BCUT2D eigenvalue weighted by molar-refractivity contribution is 9.10. The zero-order chi connectivity index (χ0) is 15.3. The largest absolute Gasteiger partial charge is 0.492 e. The van der Waals surface area contributed by atoms with Crippen LogP contribution in [0.2, 0.25) is 0 Å². The van der Waals surface area contributed by atoms with Gasteiger partial charge < -0.3 is 9.84 Å². The van der Waals surface area contributed by atoms with Gasteiger partial charge in [0, 0.05) is 17.1 Å². The summed E-state index contributed by atoms with van der Waals surface area (Å²) in [4.78, 5) is 0.0886. The minimum atomic E-state index is -3.71. The highest BCUT2D eigenvalue weighted by Gasteiger charge is 2.24. The van der Waals surface area contributed by atoms with E-state index in [9.17, 15) is 8.42 Å². The number of rotatable bonds is 7. The third-order valence-electron chi connectivity index (χ3n) is 2.98. The second-order valence-electron chi connectivity index (χ2n) is 4.59. The van der Waals surface area contributed by atoms with Crippen molar-refractivity contribution in [3.63, 3.8) is 0 Å². The third-order valence-corrected chi connectivity index (χ3v) is 5.05. The van der Waals surface area contributed by atoms with E-state index < -0.39 is 10.0 Å². The maximum atomic E-state index is 12.4. The Balaban J connectivity index is 3.11. The van der Waals surface area contributed by atoms with Crippen LogP contribution in [0, 0.1) is 5.92 Å². The van der Waals surface area contributed by atoms with Crippen LogP contribution in [0.15, 0.2) is 27.6 Å². The van der Waals surface area contributed by atoms with Crippen molar-refractivity contribution in [1.82, 2.24) is 4.72 Å². The van der Waals surface area contributed by atoms with E-state index in [1.165, 1.54) is 6.07 Å². The van der Waals surface area contributed by atoms with E-state index >= 15 is 0 Å². The zero-order valence-corrected chi connectivity index (χ0v) is 14.2. The Hall–Kier alpha value is -0.630. The van der Waals surface area contributed by atoms with E-state index in [1.807, 2.05) is 0 Å². The maximum Gasteiger partial charge on any atom is 0.244 e. The van der Waals surface area contributed by atoms with Gasteiger partial charge in [0.15, 0.2) is 0 Å². The summed E-state index contributed by atoms with van der Waals surface area (Å²) in [5, 5.41) is 9.09. The van der Waals surface area contributed by atoms with E-state index in [1.54, 1.807) is 32.9 Å². The lowest BCUT2D eigenvalue weighted by Gasteiger charge is -2.20. The van der Waals surface area contributed by atoms with Crippen LogP contribution in [0.4, 0.5) is 0 Å². The van der Waals surface area contributed by atoms with E-state index in [0.717, 1.165) is 0 Å². The number of nitrogens with one attached hydrogen (secondary N) is 1. The molecule has 0 aliphatic rings. The lowest BCUT2D eigenvalue weighted by Crippen LogP contribution is -2.38. The average molecular weight is 366 g/mol. The molecule has 5 nitrogen and oxygen atoms in total. The first kappa shape index (κ1) is 17.4. The molecule has 7 heteroatoms. The van der Waals surface area contributed by atoms with Crippen LogP contribution in [0.1, 0.15) is 20.8 Å². The van der Waals surface area contributed by atoms with E-state index in [2.05, 4.69) is 20.7 Å². The monoisotopic (exact) mass is 365 g/mol. The molecule has 0 aliphatic carbocycles. The summed E-state index contributed by atoms with van der Waals surface area (Å²) in [7, 11) is -3.71. The minimum Gasteiger partial charge on any atom is -0.492 e. The molecule has 20 heavy (non-hydrogen) atoms. The molecule has 2 atom stereocenters. The molecule has 0 aliphatic heterocycles. The Morgan fingerprint density at radius 3 is 2.60 bits per heavy atom. The Morgan fingerprint density at radius 2 is 2.05 bits per heavy atom. The van der Waals surface area contributed by atoms with Gasteiger partial charge in [-0.05, 0) is 38.0 Å². The van der Waals surface area contributed by atoms with Gasteiger partial charge in [-0.25, -0.2) is 13.1 Å². The minimum absolute atomic E-state index is 0.0828. The number of sulfonamides is 1. The first-order valence-electron chi connectivity index (χ1n) is 6.37. The molecular weight excluding hydrogens is 346 g/mol. The van der Waals surface area contributed by atoms with Crippen molar-refractivity contribution in [3.8, 4) is 5.75 Å². The van der Waals surface area contributed by atoms with Crippen LogP contribution in [-0.2, 0) is 10.0 Å². The highest BCUT2D eigenvalue weighted by atomic mass is 79.9. The zero-order valence-electron chi connectivity index (χ0n) is 11.8. The normalized spacial score (nSPS) is 14.8. The summed E-state index contributed by atoms with van der Waals surface area (Å²) in [5.41, 5.74) is 0. The average Bonchev–Trinajstić information content (AvgIpc) is 2.39. The van der Waals surface area contributed by atoms with Crippen molar-refractivity contribution in [2.24, 2.45) is 5.92 Å². The fraction of sp³-hybridized carbons (Fsp3) is 0.538. The van der Waals surface area contributed by atoms with Crippen molar-refractivity contribution < 1.29 is 18.3 Å². The van der Waals surface area contributed by atoms with Gasteiger partial charge in [0.05, 0.1) is 6.61 Å². The van der Waals surface area contributed by atoms with Gasteiger partial charge >= 0.3 is 0 Å². The highest BCUT2D eigenvalue weighted by Crippen LogP contribution is 2.28. The molecule has 0 saturated carbocycles. The van der Waals surface area contributed by atoms with Crippen LogP contribution < -0.4 is 9.46 Å². The molecule has 0 amide bonds. The second kappa shape index (κ2) is 7.40. The third kappa shape index (κ3) is 4.44. The summed E-state index contributed by atoms with van der Waals surface area (Å²) >= 11 is 3.26. The predicted molar refractivity (Wildman–Crippen MR) is 81.3 cm³/mol. The Labute approximate surface area is 128 Å². The molecule has 1 aromatic carbocycles. The van der Waals surface area contributed by atoms with E-state index in [0.29, 0.717) is 16.8 Å². The number of benzene rings is 1. The molecule has 114 valence electrons. The van der Waals surface area contributed by atoms with Crippen molar-refractivity contribution in [3.05, 3.63) is 22.7 Å². The van der Waals surface area contributed by atoms with Crippen molar-refractivity contribution in [2.45, 2.75) is 31.7 Å².